The third kappa shape index (κ3) is 6.07. The molecule has 10 heteroatoms. The summed E-state index contributed by atoms with van der Waals surface area (Å²) in [5, 5.41) is 0. The van der Waals surface area contributed by atoms with Gasteiger partial charge in [0.1, 0.15) is 16.5 Å². The fourth-order valence-electron chi connectivity index (χ4n) is 3.54. The average molecular weight is 494 g/mol. The van der Waals surface area contributed by atoms with Gasteiger partial charge in [0.05, 0.1) is 11.4 Å². The van der Waals surface area contributed by atoms with E-state index in [-0.39, 0.29) is 24.2 Å². The van der Waals surface area contributed by atoms with Crippen molar-refractivity contribution in [3.63, 3.8) is 0 Å². The predicted octanol–water partition coefficient (Wildman–Crippen LogP) is 7.07. The van der Waals surface area contributed by atoms with Crippen LogP contribution in [0.5, 0.6) is 0 Å². The summed E-state index contributed by atoms with van der Waals surface area (Å²) in [6.07, 6.45) is 3.82. The number of H-pyrrole nitrogens is 1. The summed E-state index contributed by atoms with van der Waals surface area (Å²) < 4.78 is 64.2. The third-order valence-corrected chi connectivity index (χ3v) is 6.27. The Morgan fingerprint density at radius 3 is 2.21 bits per heavy atom. The van der Waals surface area contributed by atoms with Gasteiger partial charge in [-0.1, -0.05) is 55.8 Å². The highest BCUT2D eigenvalue weighted by Crippen LogP contribution is 3.02. The van der Waals surface area contributed by atoms with E-state index in [9.17, 15) is 24.2 Å². The lowest BCUT2D eigenvalue weighted by Gasteiger charge is -2.40. The van der Waals surface area contributed by atoms with Gasteiger partial charge in [0.25, 0.3) is 0 Å². The number of carbonyl (C=O) groups is 1. The number of hydrogen-bond acceptors (Lipinski definition) is 3. The summed E-state index contributed by atoms with van der Waals surface area (Å²) in [6, 6.07) is 15.4. The Kier molecular flexibility index (Phi) is 5.59. The predicted molar refractivity (Wildman–Crippen MR) is 121 cm³/mol. The molecule has 0 radical (unpaired) electrons. The Morgan fingerprint density at radius 2 is 1.53 bits per heavy atom. The van der Waals surface area contributed by atoms with Crippen LogP contribution in [0.1, 0.15) is 22.5 Å². The molecule has 0 bridgehead atoms. The smallest absolute Gasteiger partial charge is 0.310 e. The van der Waals surface area contributed by atoms with Crippen LogP contribution in [0.25, 0.3) is 11.4 Å². The van der Waals surface area contributed by atoms with Gasteiger partial charge in [-0.05, 0) is 47.0 Å². The Labute approximate surface area is 192 Å². The summed E-state index contributed by atoms with van der Waals surface area (Å²) in [5.41, 5.74) is 3.50. The van der Waals surface area contributed by atoms with Crippen LogP contribution in [0.15, 0.2) is 84.0 Å². The second-order valence-electron chi connectivity index (χ2n) is 7.94. The molecule has 34 heavy (non-hydrogen) atoms. The number of ketones is 1. The maximum absolute atomic E-state index is 12.8. The van der Waals surface area contributed by atoms with Gasteiger partial charge >= 0.3 is 10.2 Å². The molecule has 4 nitrogen and oxygen atoms in total. The quantitative estimate of drug-likeness (QED) is 0.267. The fraction of sp³-hybridized carbons (Fsp3) is 0.125. The molecule has 0 aliphatic rings. The number of aromatic nitrogens is 3. The normalized spacial score (nSPS) is 13.8. The summed E-state index contributed by atoms with van der Waals surface area (Å²) in [6.45, 7) is 0. The fourth-order valence-corrected chi connectivity index (χ4v) is 4.19. The lowest BCUT2D eigenvalue weighted by atomic mass is 10.0. The lowest BCUT2D eigenvalue weighted by Crippen LogP contribution is -2.09. The van der Waals surface area contributed by atoms with Crippen molar-refractivity contribution in [2.24, 2.45) is 0 Å². The molecule has 0 aliphatic heterocycles. The highest BCUT2D eigenvalue weighted by atomic mass is 32.5. The molecule has 0 atom stereocenters. The Morgan fingerprint density at radius 1 is 0.824 bits per heavy atom. The van der Waals surface area contributed by atoms with Crippen LogP contribution < -0.4 is 0 Å². The molecule has 4 rings (SSSR count). The van der Waals surface area contributed by atoms with Crippen molar-refractivity contribution in [2.75, 3.05) is 0 Å². The number of carbonyl (C=O) groups excluding carboxylic acids is 1. The van der Waals surface area contributed by atoms with E-state index >= 15 is 0 Å². The molecule has 0 amide bonds. The molecule has 0 aliphatic carbocycles. The first-order valence-corrected chi connectivity index (χ1v) is 12.2. The zero-order valence-electron chi connectivity index (χ0n) is 17.7. The number of aromatic amines is 1. The molecule has 178 valence electrons. The van der Waals surface area contributed by atoms with Crippen molar-refractivity contribution in [3.05, 3.63) is 102 Å². The van der Waals surface area contributed by atoms with E-state index in [4.69, 9.17) is 0 Å². The van der Waals surface area contributed by atoms with Gasteiger partial charge in [0, 0.05) is 31.7 Å². The maximum atomic E-state index is 12.8. The zero-order valence-corrected chi connectivity index (χ0v) is 18.5. The Hall–Kier alpha value is -3.53. The minimum atomic E-state index is -9.72. The van der Waals surface area contributed by atoms with Crippen molar-refractivity contribution < 1.29 is 24.2 Å². The van der Waals surface area contributed by atoms with Crippen LogP contribution in [0.3, 0.4) is 0 Å². The molecular weight excluding hydrogens is 473 g/mol. The average Bonchev–Trinajstić information content (AvgIpc) is 3.28. The van der Waals surface area contributed by atoms with Crippen molar-refractivity contribution in [1.29, 1.82) is 0 Å². The van der Waals surface area contributed by atoms with Gasteiger partial charge < -0.3 is 4.98 Å². The van der Waals surface area contributed by atoms with Crippen LogP contribution >= 0.6 is 10.2 Å². The van der Waals surface area contributed by atoms with E-state index in [1.54, 1.807) is 30.6 Å². The van der Waals surface area contributed by atoms with E-state index in [2.05, 4.69) is 15.0 Å². The van der Waals surface area contributed by atoms with E-state index in [0.29, 0.717) is 24.4 Å². The molecule has 0 saturated heterocycles. The van der Waals surface area contributed by atoms with Gasteiger partial charge in [-0.25, -0.2) is 9.97 Å². The molecule has 0 spiro atoms. The van der Waals surface area contributed by atoms with Gasteiger partial charge in [-0.3, -0.25) is 4.79 Å². The number of hydrogen-bond donors (Lipinski definition) is 1. The topological polar surface area (TPSA) is 58.6 Å². The summed E-state index contributed by atoms with van der Waals surface area (Å²) in [7, 11) is -9.72. The minimum Gasteiger partial charge on any atom is -0.360 e. The van der Waals surface area contributed by atoms with E-state index in [0.717, 1.165) is 34.6 Å². The monoisotopic (exact) mass is 493 g/mol. The van der Waals surface area contributed by atoms with Gasteiger partial charge in [-0.15, -0.1) is 0 Å². The summed E-state index contributed by atoms with van der Waals surface area (Å²) >= 11 is 0. The first-order valence-electron chi connectivity index (χ1n) is 10.2. The van der Waals surface area contributed by atoms with Gasteiger partial charge in [0.15, 0.2) is 0 Å². The number of halogens is 5. The molecule has 1 N–H and O–H groups in total. The van der Waals surface area contributed by atoms with Crippen LogP contribution in [-0.4, -0.2) is 20.7 Å². The van der Waals surface area contributed by atoms with Crippen LogP contribution in [-0.2, 0) is 24.1 Å². The lowest BCUT2D eigenvalue weighted by molar-refractivity contribution is -0.117. The second-order valence-corrected chi connectivity index (χ2v) is 10.4. The van der Waals surface area contributed by atoms with Crippen molar-refractivity contribution >= 4 is 16.0 Å². The standard InChI is InChI=1S/C24H20F5N3OS/c25-34(26,27,28,29)21-8-6-17(7-9-21)14-20(33)15-18-3-1-4-19(13-18)16-24-31-12-10-23(32-24)22-5-2-11-30-22/h1-13,30H,14-16H2. The number of nitrogens with one attached hydrogen (secondary N) is 1. The molecule has 4 aromatic rings. The SMILES string of the molecule is O=C(Cc1ccc(S(F)(F)(F)(F)F)cc1)Cc1cccc(Cc2nccc(-c3ccc[nH]3)n2)c1. The van der Waals surface area contributed by atoms with Gasteiger partial charge in [-0.2, -0.15) is 0 Å². The molecule has 0 fully saturated rings. The zero-order chi connectivity index (χ0) is 24.5. The third-order valence-electron chi connectivity index (χ3n) is 5.10. The molecule has 0 saturated carbocycles. The summed E-state index contributed by atoms with van der Waals surface area (Å²) in [5.74, 6) is 0.363. The number of Topliss-reactive ketones (excluding diaryl/α,β-unsaturated/α-hetero) is 1. The van der Waals surface area contributed by atoms with E-state index in [1.165, 1.54) is 0 Å². The Balaban J connectivity index is 1.41. The number of rotatable bonds is 8. The van der Waals surface area contributed by atoms with Crippen LogP contribution in [0.4, 0.5) is 19.4 Å². The minimum absolute atomic E-state index is 0.0561. The van der Waals surface area contributed by atoms with Crippen molar-refractivity contribution in [2.45, 2.75) is 24.2 Å². The van der Waals surface area contributed by atoms with E-state index < -0.39 is 15.1 Å². The number of benzene rings is 2. The Bertz CT molecular complexity index is 1320. The number of nitrogens with zero attached hydrogens (tertiary/aromatic N) is 2. The molecule has 0 unspecified atom stereocenters. The molecule has 2 aromatic carbocycles. The molecular formula is C24H20F5N3OS. The highest BCUT2D eigenvalue weighted by molar-refractivity contribution is 8.45. The highest BCUT2D eigenvalue weighted by Gasteiger charge is 2.65. The van der Waals surface area contributed by atoms with Crippen molar-refractivity contribution in [3.8, 4) is 11.4 Å². The van der Waals surface area contributed by atoms with Crippen LogP contribution in [0.2, 0.25) is 0 Å². The largest absolute Gasteiger partial charge is 0.360 e. The first kappa shape index (κ1) is 23.6. The summed E-state index contributed by atoms with van der Waals surface area (Å²) in [4.78, 5) is 22.4. The van der Waals surface area contributed by atoms with Crippen molar-refractivity contribution in [1.82, 2.24) is 15.0 Å². The first-order chi connectivity index (χ1) is 15.9. The van der Waals surface area contributed by atoms with Gasteiger partial charge in [0.2, 0.25) is 0 Å². The maximum Gasteiger partial charge on any atom is 0.310 e. The van der Waals surface area contributed by atoms with E-state index in [1.807, 2.05) is 24.3 Å². The molecule has 2 aromatic heterocycles. The molecule has 2 heterocycles. The van der Waals surface area contributed by atoms with Crippen LogP contribution in [0, 0.1) is 0 Å². The second kappa shape index (κ2) is 8.05.